The standard InChI is InChI=1S/C17H22ClNO4/c1-22-15(20)17(7-10-18)8-11-19(12-9-17)16(21)23-13-14-5-3-2-4-6-14/h2-6H,7-13H2,1H3. The molecule has 1 amide bonds. The largest absolute Gasteiger partial charge is 0.469 e. The van der Waals surface area contributed by atoms with Crippen LogP contribution in [0, 0.1) is 5.41 Å². The van der Waals surface area contributed by atoms with Gasteiger partial charge in [0.25, 0.3) is 0 Å². The Kier molecular flexibility index (Phi) is 6.28. The van der Waals surface area contributed by atoms with Crippen LogP contribution in [0.2, 0.25) is 0 Å². The fourth-order valence-electron chi connectivity index (χ4n) is 2.88. The summed E-state index contributed by atoms with van der Waals surface area (Å²) >= 11 is 5.83. The third-order valence-electron chi connectivity index (χ3n) is 4.38. The van der Waals surface area contributed by atoms with Crippen LogP contribution in [-0.4, -0.2) is 43.0 Å². The number of rotatable bonds is 5. The van der Waals surface area contributed by atoms with Gasteiger partial charge in [-0.3, -0.25) is 4.79 Å². The Balaban J connectivity index is 1.87. The molecule has 1 aromatic carbocycles. The summed E-state index contributed by atoms with van der Waals surface area (Å²) in [5.41, 5.74) is 0.371. The fraction of sp³-hybridized carbons (Fsp3) is 0.529. The molecule has 0 atom stereocenters. The van der Waals surface area contributed by atoms with Crippen molar-refractivity contribution in [2.24, 2.45) is 5.41 Å². The molecule has 6 heteroatoms. The van der Waals surface area contributed by atoms with Gasteiger partial charge >= 0.3 is 12.1 Å². The summed E-state index contributed by atoms with van der Waals surface area (Å²) in [6, 6.07) is 9.54. The monoisotopic (exact) mass is 339 g/mol. The van der Waals surface area contributed by atoms with Gasteiger partial charge in [-0.15, -0.1) is 11.6 Å². The van der Waals surface area contributed by atoms with Crippen molar-refractivity contribution in [3.05, 3.63) is 35.9 Å². The van der Waals surface area contributed by atoms with Gasteiger partial charge in [0.15, 0.2) is 0 Å². The van der Waals surface area contributed by atoms with E-state index in [9.17, 15) is 9.59 Å². The molecule has 23 heavy (non-hydrogen) atoms. The highest BCUT2D eigenvalue weighted by Crippen LogP contribution is 2.36. The average Bonchev–Trinajstić information content (AvgIpc) is 2.60. The molecule has 0 aliphatic carbocycles. The molecule has 0 unspecified atom stereocenters. The van der Waals surface area contributed by atoms with E-state index in [1.165, 1.54) is 7.11 Å². The number of hydrogen-bond donors (Lipinski definition) is 0. The van der Waals surface area contributed by atoms with Crippen molar-refractivity contribution in [2.45, 2.75) is 25.9 Å². The molecule has 0 bridgehead atoms. The molecular formula is C17H22ClNO4. The minimum absolute atomic E-state index is 0.240. The summed E-state index contributed by atoms with van der Waals surface area (Å²) in [5, 5.41) is 0. The van der Waals surface area contributed by atoms with E-state index in [2.05, 4.69) is 0 Å². The molecule has 0 saturated carbocycles. The Morgan fingerprint density at radius 3 is 2.43 bits per heavy atom. The number of halogens is 1. The molecule has 0 N–H and O–H groups in total. The van der Waals surface area contributed by atoms with Crippen molar-refractivity contribution >= 4 is 23.7 Å². The zero-order valence-corrected chi connectivity index (χ0v) is 14.1. The molecule has 0 radical (unpaired) electrons. The summed E-state index contributed by atoms with van der Waals surface area (Å²) in [7, 11) is 1.39. The van der Waals surface area contributed by atoms with Gasteiger partial charge < -0.3 is 14.4 Å². The maximum Gasteiger partial charge on any atom is 0.410 e. The second kappa shape index (κ2) is 8.20. The minimum atomic E-state index is -0.577. The molecule has 1 aromatic rings. The van der Waals surface area contributed by atoms with Crippen LogP contribution in [0.25, 0.3) is 0 Å². The molecule has 2 rings (SSSR count). The first kappa shape index (κ1) is 17.6. The van der Waals surface area contributed by atoms with Crippen LogP contribution < -0.4 is 0 Å². The van der Waals surface area contributed by atoms with Crippen molar-refractivity contribution in [3.63, 3.8) is 0 Å². The quantitative estimate of drug-likeness (QED) is 0.610. The molecule has 0 aromatic heterocycles. The van der Waals surface area contributed by atoms with Crippen LogP contribution in [0.15, 0.2) is 30.3 Å². The van der Waals surface area contributed by atoms with Crippen LogP contribution in [0.3, 0.4) is 0 Å². The number of hydrogen-bond acceptors (Lipinski definition) is 4. The second-order valence-corrected chi connectivity index (χ2v) is 6.12. The highest BCUT2D eigenvalue weighted by molar-refractivity contribution is 6.18. The molecule has 5 nitrogen and oxygen atoms in total. The van der Waals surface area contributed by atoms with Gasteiger partial charge in [-0.25, -0.2) is 4.79 Å². The third kappa shape index (κ3) is 4.38. The summed E-state index contributed by atoms with van der Waals surface area (Å²) in [6.07, 6.45) is 1.31. The minimum Gasteiger partial charge on any atom is -0.469 e. The van der Waals surface area contributed by atoms with Gasteiger partial charge in [-0.05, 0) is 24.8 Å². The van der Waals surface area contributed by atoms with E-state index in [1.807, 2.05) is 30.3 Å². The highest BCUT2D eigenvalue weighted by atomic mass is 35.5. The number of methoxy groups -OCH3 is 1. The van der Waals surface area contributed by atoms with E-state index in [4.69, 9.17) is 21.1 Å². The van der Waals surface area contributed by atoms with Gasteiger partial charge in [-0.1, -0.05) is 30.3 Å². The molecule has 126 valence electrons. The van der Waals surface area contributed by atoms with Crippen molar-refractivity contribution < 1.29 is 19.1 Å². The topological polar surface area (TPSA) is 55.8 Å². The molecule has 1 fully saturated rings. The summed E-state index contributed by atoms with van der Waals surface area (Å²) in [4.78, 5) is 25.8. The lowest BCUT2D eigenvalue weighted by molar-refractivity contribution is -0.156. The number of alkyl halides is 1. The Morgan fingerprint density at radius 1 is 1.22 bits per heavy atom. The number of carbonyl (C=O) groups excluding carboxylic acids is 2. The smallest absolute Gasteiger partial charge is 0.410 e. The fourth-order valence-corrected chi connectivity index (χ4v) is 3.24. The number of likely N-dealkylation sites (tertiary alicyclic amines) is 1. The van der Waals surface area contributed by atoms with Crippen LogP contribution >= 0.6 is 11.6 Å². The van der Waals surface area contributed by atoms with E-state index >= 15 is 0 Å². The van der Waals surface area contributed by atoms with Crippen molar-refractivity contribution in [1.29, 1.82) is 0 Å². The lowest BCUT2D eigenvalue weighted by Gasteiger charge is -2.38. The van der Waals surface area contributed by atoms with E-state index in [-0.39, 0.29) is 18.7 Å². The second-order valence-electron chi connectivity index (χ2n) is 5.74. The predicted octanol–water partition coefficient (Wildman–Crippen LogP) is 3.21. The Labute approximate surface area is 141 Å². The van der Waals surface area contributed by atoms with Crippen LogP contribution in [-0.2, 0) is 20.9 Å². The normalized spacial score (nSPS) is 16.7. The van der Waals surface area contributed by atoms with Gasteiger partial charge in [0.05, 0.1) is 12.5 Å². The zero-order chi connectivity index (χ0) is 16.7. The first-order valence-electron chi connectivity index (χ1n) is 7.71. The summed E-state index contributed by atoms with van der Waals surface area (Å²) in [5.74, 6) is 0.156. The van der Waals surface area contributed by atoms with Gasteiger partial charge in [-0.2, -0.15) is 0 Å². The van der Waals surface area contributed by atoms with Crippen molar-refractivity contribution in [3.8, 4) is 0 Å². The lowest BCUT2D eigenvalue weighted by atomic mass is 9.76. The van der Waals surface area contributed by atoms with Crippen molar-refractivity contribution in [1.82, 2.24) is 4.90 Å². The van der Waals surface area contributed by atoms with Gasteiger partial charge in [0.2, 0.25) is 0 Å². The van der Waals surface area contributed by atoms with Gasteiger partial charge in [0.1, 0.15) is 6.61 Å². The molecule has 1 aliphatic rings. The molecular weight excluding hydrogens is 318 g/mol. The maximum atomic E-state index is 12.1. The zero-order valence-electron chi connectivity index (χ0n) is 13.3. The number of ether oxygens (including phenoxy) is 2. The first-order valence-corrected chi connectivity index (χ1v) is 8.25. The van der Waals surface area contributed by atoms with E-state index in [0.717, 1.165) is 5.56 Å². The van der Waals surface area contributed by atoms with Crippen molar-refractivity contribution in [2.75, 3.05) is 26.1 Å². The SMILES string of the molecule is COC(=O)C1(CCCl)CCN(C(=O)OCc2ccccc2)CC1. The summed E-state index contributed by atoms with van der Waals surface area (Å²) < 4.78 is 10.2. The molecule has 1 saturated heterocycles. The number of benzene rings is 1. The third-order valence-corrected chi connectivity index (χ3v) is 4.56. The maximum absolute atomic E-state index is 12.1. The Morgan fingerprint density at radius 2 is 1.87 bits per heavy atom. The number of carbonyl (C=O) groups is 2. The Hall–Kier alpha value is -1.75. The average molecular weight is 340 g/mol. The number of esters is 1. The van der Waals surface area contributed by atoms with Crippen LogP contribution in [0.4, 0.5) is 4.79 Å². The highest BCUT2D eigenvalue weighted by Gasteiger charge is 2.42. The van der Waals surface area contributed by atoms with E-state index < -0.39 is 5.41 Å². The van der Waals surface area contributed by atoms with Crippen LogP contribution in [0.5, 0.6) is 0 Å². The molecule has 1 aliphatic heterocycles. The lowest BCUT2D eigenvalue weighted by Crippen LogP contribution is -2.47. The Bertz CT molecular complexity index is 527. The number of amides is 1. The van der Waals surface area contributed by atoms with Crippen LogP contribution in [0.1, 0.15) is 24.8 Å². The van der Waals surface area contributed by atoms with Gasteiger partial charge in [0, 0.05) is 19.0 Å². The molecule has 0 spiro atoms. The first-order chi connectivity index (χ1) is 11.1. The number of piperidine rings is 1. The molecule has 1 heterocycles. The summed E-state index contributed by atoms with van der Waals surface area (Å²) in [6.45, 7) is 1.19. The predicted molar refractivity (Wildman–Crippen MR) is 87.2 cm³/mol. The van der Waals surface area contributed by atoms with E-state index in [0.29, 0.717) is 38.2 Å². The van der Waals surface area contributed by atoms with E-state index in [1.54, 1.807) is 4.90 Å². The number of nitrogens with zero attached hydrogens (tertiary/aromatic N) is 1.